The first-order valence-electron chi connectivity index (χ1n) is 8.99. The van der Waals surface area contributed by atoms with Crippen LogP contribution < -0.4 is 5.19 Å². The Morgan fingerprint density at radius 1 is 1.13 bits per heavy atom. The van der Waals surface area contributed by atoms with Crippen LogP contribution in [0.5, 0.6) is 0 Å². The maximum Gasteiger partial charge on any atom is 0.225 e. The van der Waals surface area contributed by atoms with Gasteiger partial charge in [-0.1, -0.05) is 52.0 Å². The number of hydrogen-bond acceptors (Lipinski definition) is 3. The molecule has 3 nitrogen and oxygen atoms in total. The van der Waals surface area contributed by atoms with Gasteiger partial charge in [0, 0.05) is 6.61 Å². The largest absolute Gasteiger partial charge is 0.427 e. The van der Waals surface area contributed by atoms with E-state index in [9.17, 15) is 4.80 Å². The Hall–Kier alpha value is -0.683. The lowest BCUT2D eigenvalue weighted by molar-refractivity contribution is -0.161. The number of rotatable bonds is 7. The predicted octanol–water partition coefficient (Wildman–Crippen LogP) is 3.74. The van der Waals surface area contributed by atoms with E-state index in [1.165, 1.54) is 12.0 Å². The molecule has 1 aliphatic heterocycles. The Morgan fingerprint density at radius 3 is 2.30 bits per heavy atom. The van der Waals surface area contributed by atoms with Crippen molar-refractivity contribution < 1.29 is 14.3 Å². The molecule has 0 radical (unpaired) electrons. The molecule has 130 valence electrons. The molecule has 0 saturated carbocycles. The van der Waals surface area contributed by atoms with E-state index in [2.05, 4.69) is 52.0 Å². The van der Waals surface area contributed by atoms with Crippen molar-refractivity contribution in [1.29, 1.82) is 0 Å². The van der Waals surface area contributed by atoms with E-state index in [-0.39, 0.29) is 6.29 Å². The highest BCUT2D eigenvalue weighted by Gasteiger charge is 2.40. The van der Waals surface area contributed by atoms with Gasteiger partial charge in [0.2, 0.25) is 8.32 Å². The summed E-state index contributed by atoms with van der Waals surface area (Å²) in [6, 6.07) is 8.53. The van der Waals surface area contributed by atoms with Crippen LogP contribution >= 0.6 is 0 Å². The van der Waals surface area contributed by atoms with E-state index >= 15 is 0 Å². The molecule has 1 aromatic carbocycles. The van der Waals surface area contributed by atoms with Crippen molar-refractivity contribution in [2.45, 2.75) is 70.8 Å². The van der Waals surface area contributed by atoms with Gasteiger partial charge in [0.1, 0.15) is 0 Å². The minimum absolute atomic E-state index is 0.0117. The van der Waals surface area contributed by atoms with Crippen molar-refractivity contribution in [2.24, 2.45) is 0 Å². The molecule has 1 aromatic rings. The summed E-state index contributed by atoms with van der Waals surface area (Å²) in [5, 5.41) is 1.14. The van der Waals surface area contributed by atoms with Gasteiger partial charge in [0.15, 0.2) is 6.29 Å². The van der Waals surface area contributed by atoms with E-state index in [0.717, 1.165) is 31.1 Å². The zero-order chi connectivity index (χ0) is 16.9. The Balaban J connectivity index is 1.91. The zero-order valence-corrected chi connectivity index (χ0v) is 16.0. The number of hydrogen-bond donors (Lipinski definition) is 1. The second-order valence-electron chi connectivity index (χ2n) is 7.25. The van der Waals surface area contributed by atoms with Crippen LogP contribution in [0.25, 0.3) is 0 Å². The van der Waals surface area contributed by atoms with Gasteiger partial charge in [-0.2, -0.15) is 0 Å². The number of benzene rings is 1. The van der Waals surface area contributed by atoms with E-state index < -0.39 is 8.32 Å². The monoisotopic (exact) mass is 336 g/mol. The summed E-state index contributed by atoms with van der Waals surface area (Å²) in [7, 11) is -2.41. The van der Waals surface area contributed by atoms with Crippen LogP contribution in [0.3, 0.4) is 0 Å². The molecule has 1 N–H and O–H groups in total. The standard InChI is InChI=1S/C19H32O3Si/c1-15(2)23(20,16(3)4)18-10-8-17(9-11-18)12-14-22-19-7-5-6-13-21-19/h8-11,15-16,19-20H,5-7,12-14H2,1-4H3. The molecule has 0 aliphatic carbocycles. The Morgan fingerprint density at radius 2 is 1.78 bits per heavy atom. The summed E-state index contributed by atoms with van der Waals surface area (Å²) >= 11 is 0. The number of ether oxygens (including phenoxy) is 2. The third kappa shape index (κ3) is 4.66. The van der Waals surface area contributed by atoms with Crippen molar-refractivity contribution in [1.82, 2.24) is 0 Å². The fourth-order valence-electron chi connectivity index (χ4n) is 3.42. The topological polar surface area (TPSA) is 38.7 Å². The van der Waals surface area contributed by atoms with Gasteiger partial charge in [0.05, 0.1) is 6.61 Å². The molecule has 4 heteroatoms. The van der Waals surface area contributed by atoms with Gasteiger partial charge in [-0.15, -0.1) is 0 Å². The van der Waals surface area contributed by atoms with Crippen LogP contribution in [0.1, 0.15) is 52.5 Å². The van der Waals surface area contributed by atoms with Crippen LogP contribution in [-0.4, -0.2) is 32.6 Å². The molecule has 2 rings (SSSR count). The zero-order valence-electron chi connectivity index (χ0n) is 15.0. The molecule has 0 amide bonds. The summed E-state index contributed by atoms with van der Waals surface area (Å²) in [5.41, 5.74) is 1.90. The van der Waals surface area contributed by atoms with E-state index in [0.29, 0.717) is 17.7 Å². The Bertz CT molecular complexity index is 456. The lowest BCUT2D eigenvalue weighted by Crippen LogP contribution is -2.53. The van der Waals surface area contributed by atoms with Gasteiger partial charge >= 0.3 is 0 Å². The summed E-state index contributed by atoms with van der Waals surface area (Å²) in [4.78, 5) is 11.2. The van der Waals surface area contributed by atoms with Gasteiger partial charge in [-0.3, -0.25) is 0 Å². The fourth-order valence-corrected chi connectivity index (χ4v) is 6.79. The molecule has 1 saturated heterocycles. The van der Waals surface area contributed by atoms with Crippen molar-refractivity contribution in [2.75, 3.05) is 13.2 Å². The van der Waals surface area contributed by atoms with Crippen molar-refractivity contribution in [3.8, 4) is 0 Å². The van der Waals surface area contributed by atoms with E-state index in [1.807, 2.05) is 0 Å². The molecule has 1 aliphatic rings. The first kappa shape index (κ1) is 18.7. The maximum absolute atomic E-state index is 11.2. The third-order valence-electron chi connectivity index (χ3n) is 5.01. The fraction of sp³-hybridized carbons (Fsp3) is 0.684. The van der Waals surface area contributed by atoms with Crippen molar-refractivity contribution in [3.05, 3.63) is 29.8 Å². The summed E-state index contributed by atoms with van der Waals surface area (Å²) in [6.07, 6.45) is 4.25. The molecular weight excluding hydrogens is 304 g/mol. The molecule has 0 bridgehead atoms. The van der Waals surface area contributed by atoms with Gasteiger partial charge in [-0.05, 0) is 47.5 Å². The second-order valence-corrected chi connectivity index (χ2v) is 11.8. The molecule has 1 unspecified atom stereocenters. The van der Waals surface area contributed by atoms with E-state index in [1.54, 1.807) is 0 Å². The average Bonchev–Trinajstić information content (AvgIpc) is 2.55. The van der Waals surface area contributed by atoms with Crippen molar-refractivity contribution in [3.63, 3.8) is 0 Å². The molecule has 0 aromatic heterocycles. The molecular formula is C19H32O3Si. The van der Waals surface area contributed by atoms with Gasteiger partial charge in [-0.25, -0.2) is 0 Å². The van der Waals surface area contributed by atoms with Crippen LogP contribution in [0.4, 0.5) is 0 Å². The quantitative estimate of drug-likeness (QED) is 0.771. The van der Waals surface area contributed by atoms with Crippen LogP contribution in [0.2, 0.25) is 11.1 Å². The van der Waals surface area contributed by atoms with Crippen LogP contribution in [0.15, 0.2) is 24.3 Å². The molecule has 1 fully saturated rings. The minimum atomic E-state index is -2.41. The normalized spacial score (nSPS) is 19.5. The van der Waals surface area contributed by atoms with Gasteiger partial charge < -0.3 is 14.3 Å². The molecule has 23 heavy (non-hydrogen) atoms. The highest BCUT2D eigenvalue weighted by Crippen LogP contribution is 2.29. The molecule has 1 heterocycles. The van der Waals surface area contributed by atoms with Crippen LogP contribution in [-0.2, 0) is 15.9 Å². The van der Waals surface area contributed by atoms with Gasteiger partial charge in [0.25, 0.3) is 0 Å². The summed E-state index contributed by atoms with van der Waals surface area (Å²) in [5.74, 6) is 0. The lowest BCUT2D eigenvalue weighted by atomic mass is 10.1. The van der Waals surface area contributed by atoms with Crippen LogP contribution in [0, 0.1) is 0 Å². The average molecular weight is 337 g/mol. The summed E-state index contributed by atoms with van der Waals surface area (Å²) < 4.78 is 11.4. The lowest BCUT2D eigenvalue weighted by Gasteiger charge is -2.33. The second kappa shape index (κ2) is 8.43. The highest BCUT2D eigenvalue weighted by atomic mass is 28.4. The van der Waals surface area contributed by atoms with Crippen molar-refractivity contribution >= 4 is 13.5 Å². The smallest absolute Gasteiger partial charge is 0.225 e. The first-order valence-corrected chi connectivity index (χ1v) is 11.1. The molecule has 0 spiro atoms. The van der Waals surface area contributed by atoms with E-state index in [4.69, 9.17) is 9.47 Å². The summed E-state index contributed by atoms with van der Waals surface area (Å²) in [6.45, 7) is 10.1. The first-order chi connectivity index (χ1) is 10.9. The third-order valence-corrected chi connectivity index (χ3v) is 9.79. The SMILES string of the molecule is CC(C)[Si](O)(c1ccc(CCOC2CCCCO2)cc1)C(C)C. The molecule has 1 atom stereocenters. The Kier molecular flexibility index (Phi) is 6.83. The Labute approximate surface area is 142 Å². The highest BCUT2D eigenvalue weighted by molar-refractivity contribution is 6.87. The maximum atomic E-state index is 11.2. The predicted molar refractivity (Wildman–Crippen MR) is 97.5 cm³/mol. The minimum Gasteiger partial charge on any atom is -0.427 e.